The number of nitrogens with one attached hydrogen (secondary N) is 1. The molecule has 5 nitrogen and oxygen atoms in total. The van der Waals surface area contributed by atoms with Crippen molar-refractivity contribution in [3.05, 3.63) is 40.9 Å². The molecule has 19 heavy (non-hydrogen) atoms. The Morgan fingerprint density at radius 2 is 2.16 bits per heavy atom. The zero-order valence-corrected chi connectivity index (χ0v) is 11.7. The maximum Gasteiger partial charge on any atom is 0.216 e. The molecule has 1 N–H and O–H groups in total. The molecule has 2 rings (SSSR count). The number of aromatic amines is 1. The molecule has 0 spiro atoms. The molecule has 0 aliphatic carbocycles. The van der Waals surface area contributed by atoms with Gasteiger partial charge in [-0.2, -0.15) is 14.9 Å². The predicted molar refractivity (Wildman–Crippen MR) is 77.2 cm³/mol. The molecule has 1 aromatic heterocycles. The zero-order valence-electron chi connectivity index (χ0n) is 10.9. The molecule has 0 aliphatic heterocycles. The van der Waals surface area contributed by atoms with Gasteiger partial charge in [-0.1, -0.05) is 13.8 Å². The normalized spacial score (nSPS) is 11.3. The molecule has 0 fully saturated rings. The fourth-order valence-electron chi connectivity index (χ4n) is 1.37. The van der Waals surface area contributed by atoms with Crippen LogP contribution < -0.4 is 4.74 Å². The van der Waals surface area contributed by atoms with Crippen LogP contribution in [0, 0.1) is 10.7 Å². The van der Waals surface area contributed by atoms with Gasteiger partial charge in [0, 0.05) is 0 Å². The summed E-state index contributed by atoms with van der Waals surface area (Å²) in [6.45, 7) is 4.96. The molecule has 0 saturated carbocycles. The van der Waals surface area contributed by atoms with Crippen molar-refractivity contribution in [1.29, 1.82) is 0 Å². The third-order valence-corrected chi connectivity index (χ3v) is 2.61. The minimum absolute atomic E-state index is 0.466. The van der Waals surface area contributed by atoms with Gasteiger partial charge in [0.1, 0.15) is 12.1 Å². The summed E-state index contributed by atoms with van der Waals surface area (Å²) in [4.78, 5) is 0. The van der Waals surface area contributed by atoms with Crippen molar-refractivity contribution in [1.82, 2.24) is 14.9 Å². The number of hydrogen-bond donors (Lipinski definition) is 1. The summed E-state index contributed by atoms with van der Waals surface area (Å²) in [6, 6.07) is 7.75. The van der Waals surface area contributed by atoms with Crippen LogP contribution in [-0.2, 0) is 0 Å². The SMILES string of the molecule is CC(C)COc1ccc(/C=N\n2cn[nH]c2=S)cc1. The average molecular weight is 276 g/mol. The molecule has 1 heterocycles. The van der Waals surface area contributed by atoms with E-state index in [1.807, 2.05) is 24.3 Å². The fourth-order valence-corrected chi connectivity index (χ4v) is 1.51. The summed E-state index contributed by atoms with van der Waals surface area (Å²) >= 11 is 4.99. The van der Waals surface area contributed by atoms with Crippen LogP contribution in [0.1, 0.15) is 19.4 Å². The maximum absolute atomic E-state index is 5.61. The smallest absolute Gasteiger partial charge is 0.216 e. The summed E-state index contributed by atoms with van der Waals surface area (Å²) in [6.07, 6.45) is 3.25. The van der Waals surface area contributed by atoms with Crippen molar-refractivity contribution in [3.8, 4) is 5.75 Å². The van der Waals surface area contributed by atoms with Gasteiger partial charge in [0.15, 0.2) is 0 Å². The Balaban J connectivity index is 2.01. The van der Waals surface area contributed by atoms with Crippen molar-refractivity contribution < 1.29 is 4.74 Å². The van der Waals surface area contributed by atoms with E-state index in [2.05, 4.69) is 29.1 Å². The Labute approximate surface area is 116 Å². The van der Waals surface area contributed by atoms with E-state index in [9.17, 15) is 0 Å². The van der Waals surface area contributed by atoms with E-state index in [0.717, 1.165) is 17.9 Å². The molecule has 0 amide bonds. The summed E-state index contributed by atoms with van der Waals surface area (Å²) in [7, 11) is 0. The van der Waals surface area contributed by atoms with E-state index in [4.69, 9.17) is 17.0 Å². The molecule has 2 aromatic rings. The highest BCUT2D eigenvalue weighted by atomic mass is 32.1. The molecule has 0 unspecified atom stereocenters. The van der Waals surface area contributed by atoms with Gasteiger partial charge in [-0.05, 0) is 48.0 Å². The summed E-state index contributed by atoms with van der Waals surface area (Å²) in [5.41, 5.74) is 0.972. The standard InChI is InChI=1S/C13H16N4OS/c1-10(2)8-18-12-5-3-11(4-6-12)7-15-17-9-14-16-13(17)19/h3-7,9-10H,8H2,1-2H3,(H,16,19)/b15-7-. The third-order valence-electron chi connectivity index (χ3n) is 2.33. The lowest BCUT2D eigenvalue weighted by Gasteiger charge is -2.08. The van der Waals surface area contributed by atoms with E-state index in [-0.39, 0.29) is 0 Å². The number of H-pyrrole nitrogens is 1. The fraction of sp³-hybridized carbons (Fsp3) is 0.308. The van der Waals surface area contributed by atoms with Crippen LogP contribution in [-0.4, -0.2) is 27.7 Å². The van der Waals surface area contributed by atoms with Crippen LogP contribution >= 0.6 is 12.2 Å². The second-order valence-corrected chi connectivity index (χ2v) is 4.91. The number of rotatable bonds is 5. The zero-order chi connectivity index (χ0) is 13.7. The lowest BCUT2D eigenvalue weighted by molar-refractivity contribution is 0.271. The van der Waals surface area contributed by atoms with Crippen molar-refractivity contribution in [3.63, 3.8) is 0 Å². The van der Waals surface area contributed by atoms with Crippen LogP contribution in [0.2, 0.25) is 0 Å². The lowest BCUT2D eigenvalue weighted by atomic mass is 10.2. The van der Waals surface area contributed by atoms with Gasteiger partial charge in [0.05, 0.1) is 12.8 Å². The number of ether oxygens (including phenoxy) is 1. The first-order chi connectivity index (χ1) is 9.15. The Kier molecular flexibility index (Phi) is 4.46. The first-order valence-electron chi connectivity index (χ1n) is 6.04. The number of benzene rings is 1. The molecular formula is C13H16N4OS. The second-order valence-electron chi connectivity index (χ2n) is 4.52. The summed E-state index contributed by atoms with van der Waals surface area (Å²) in [5.74, 6) is 1.38. The second kappa shape index (κ2) is 6.29. The molecule has 0 atom stereocenters. The van der Waals surface area contributed by atoms with Crippen LogP contribution in [0.15, 0.2) is 35.7 Å². The van der Waals surface area contributed by atoms with Gasteiger partial charge >= 0.3 is 0 Å². The van der Waals surface area contributed by atoms with Crippen molar-refractivity contribution in [2.24, 2.45) is 11.0 Å². The first kappa shape index (κ1) is 13.5. The highest BCUT2D eigenvalue weighted by Crippen LogP contribution is 2.12. The Morgan fingerprint density at radius 3 is 2.74 bits per heavy atom. The van der Waals surface area contributed by atoms with E-state index >= 15 is 0 Å². The van der Waals surface area contributed by atoms with Crippen LogP contribution in [0.3, 0.4) is 0 Å². The highest BCUT2D eigenvalue weighted by Gasteiger charge is 1.97. The Morgan fingerprint density at radius 1 is 1.42 bits per heavy atom. The van der Waals surface area contributed by atoms with E-state index in [1.165, 1.54) is 11.0 Å². The first-order valence-corrected chi connectivity index (χ1v) is 6.45. The summed E-state index contributed by atoms with van der Waals surface area (Å²) in [5, 5.41) is 10.6. The van der Waals surface area contributed by atoms with Crippen LogP contribution in [0.25, 0.3) is 0 Å². The molecule has 1 aromatic carbocycles. The number of hydrogen-bond acceptors (Lipinski definition) is 4. The lowest BCUT2D eigenvalue weighted by Crippen LogP contribution is -2.04. The van der Waals surface area contributed by atoms with Gasteiger partial charge in [-0.25, -0.2) is 0 Å². The monoisotopic (exact) mass is 276 g/mol. The number of aromatic nitrogens is 3. The predicted octanol–water partition coefficient (Wildman–Crippen LogP) is 2.86. The molecule has 0 aliphatic rings. The van der Waals surface area contributed by atoms with Gasteiger partial charge in [0.25, 0.3) is 0 Å². The maximum atomic E-state index is 5.61. The molecular weight excluding hydrogens is 260 g/mol. The molecule has 0 bridgehead atoms. The Hall–Kier alpha value is -1.95. The molecule has 6 heteroatoms. The minimum atomic E-state index is 0.466. The van der Waals surface area contributed by atoms with Gasteiger partial charge < -0.3 is 4.74 Å². The minimum Gasteiger partial charge on any atom is -0.493 e. The highest BCUT2D eigenvalue weighted by molar-refractivity contribution is 7.71. The van der Waals surface area contributed by atoms with Crippen LogP contribution in [0.5, 0.6) is 5.75 Å². The van der Waals surface area contributed by atoms with Crippen molar-refractivity contribution >= 4 is 18.4 Å². The molecule has 100 valence electrons. The third kappa shape index (κ3) is 4.03. The topological polar surface area (TPSA) is 55.2 Å². The van der Waals surface area contributed by atoms with E-state index in [0.29, 0.717) is 10.7 Å². The van der Waals surface area contributed by atoms with Crippen LogP contribution in [0.4, 0.5) is 0 Å². The van der Waals surface area contributed by atoms with E-state index in [1.54, 1.807) is 6.21 Å². The van der Waals surface area contributed by atoms with E-state index < -0.39 is 0 Å². The Bertz CT molecular complexity index is 598. The van der Waals surface area contributed by atoms with Gasteiger partial charge in [0.2, 0.25) is 4.77 Å². The number of nitrogens with zero attached hydrogens (tertiary/aromatic N) is 3. The average Bonchev–Trinajstić information content (AvgIpc) is 2.81. The summed E-state index contributed by atoms with van der Waals surface area (Å²) < 4.78 is 7.57. The van der Waals surface area contributed by atoms with Gasteiger partial charge in [-0.3, -0.25) is 5.10 Å². The largest absolute Gasteiger partial charge is 0.493 e. The van der Waals surface area contributed by atoms with Gasteiger partial charge in [-0.15, -0.1) is 0 Å². The quantitative estimate of drug-likeness (QED) is 0.675. The molecule has 0 saturated heterocycles. The van der Waals surface area contributed by atoms with Crippen molar-refractivity contribution in [2.75, 3.05) is 6.61 Å². The molecule has 0 radical (unpaired) electrons. The van der Waals surface area contributed by atoms with Crippen molar-refractivity contribution in [2.45, 2.75) is 13.8 Å².